The normalized spacial score (nSPS) is 18.4. The van der Waals surface area contributed by atoms with Crippen LogP contribution < -0.4 is 0 Å². The van der Waals surface area contributed by atoms with Gasteiger partial charge in [0, 0.05) is 13.1 Å². The summed E-state index contributed by atoms with van der Waals surface area (Å²) in [5, 5.41) is 4.16. The largest absolute Gasteiger partial charge is 0.464 e. The van der Waals surface area contributed by atoms with Gasteiger partial charge >= 0.3 is 0 Å². The average molecular weight is 317 g/mol. The zero-order valence-corrected chi connectivity index (χ0v) is 13.7. The molecule has 1 saturated heterocycles. The number of hydrogen-bond acceptors (Lipinski definition) is 5. The highest BCUT2D eigenvalue weighted by atomic mass is 16.3. The fourth-order valence-corrected chi connectivity index (χ4v) is 3.04. The van der Waals surface area contributed by atoms with Crippen molar-refractivity contribution in [1.82, 2.24) is 24.6 Å². The highest BCUT2D eigenvalue weighted by Crippen LogP contribution is 2.18. The van der Waals surface area contributed by atoms with Gasteiger partial charge in [0.1, 0.15) is 24.2 Å². The molecule has 23 heavy (non-hydrogen) atoms. The highest BCUT2D eigenvalue weighted by molar-refractivity contribution is 5.78. The number of carbonyl (C=O) groups excluding carboxylic acids is 1. The van der Waals surface area contributed by atoms with Crippen LogP contribution in [-0.2, 0) is 17.9 Å². The van der Waals surface area contributed by atoms with Crippen LogP contribution in [0.4, 0.5) is 0 Å². The van der Waals surface area contributed by atoms with Gasteiger partial charge in [-0.05, 0) is 38.4 Å². The first kappa shape index (κ1) is 15.7. The molecule has 1 fully saturated rings. The number of likely N-dealkylation sites (N-methyl/N-ethyl adjacent to an activating group) is 1. The number of hydrogen-bond donors (Lipinski definition) is 0. The topological polar surface area (TPSA) is 67.4 Å². The Kier molecular flexibility index (Phi) is 4.76. The molecule has 1 amide bonds. The molecular weight excluding hydrogens is 294 g/mol. The molecule has 0 saturated carbocycles. The smallest absolute Gasteiger partial charge is 0.236 e. The second-order valence-electron chi connectivity index (χ2n) is 6.15. The molecule has 0 N–H and O–H groups in total. The molecule has 2 aromatic rings. The van der Waals surface area contributed by atoms with Crippen molar-refractivity contribution in [3.05, 3.63) is 36.3 Å². The van der Waals surface area contributed by atoms with Gasteiger partial charge in [-0.1, -0.05) is 0 Å². The molecule has 3 rings (SSSR count). The Balaban J connectivity index is 1.53. The van der Waals surface area contributed by atoms with Crippen molar-refractivity contribution < 1.29 is 9.21 Å². The SMILES string of the molecule is Cc1ccc(CN(C)C(=O)CN2CCCC2Cn2cncn2)o1. The summed E-state index contributed by atoms with van der Waals surface area (Å²) in [5.74, 6) is 1.80. The van der Waals surface area contributed by atoms with Gasteiger partial charge < -0.3 is 9.32 Å². The van der Waals surface area contributed by atoms with Crippen LogP contribution >= 0.6 is 0 Å². The summed E-state index contributed by atoms with van der Waals surface area (Å²) in [6, 6.07) is 4.19. The van der Waals surface area contributed by atoms with Gasteiger partial charge in [0.15, 0.2) is 0 Å². The van der Waals surface area contributed by atoms with Gasteiger partial charge in [-0.25, -0.2) is 4.98 Å². The first-order chi connectivity index (χ1) is 11.1. The van der Waals surface area contributed by atoms with E-state index in [2.05, 4.69) is 15.0 Å². The fourth-order valence-electron chi connectivity index (χ4n) is 3.04. The van der Waals surface area contributed by atoms with Crippen molar-refractivity contribution >= 4 is 5.91 Å². The van der Waals surface area contributed by atoms with E-state index >= 15 is 0 Å². The lowest BCUT2D eigenvalue weighted by Crippen LogP contribution is -2.41. The molecule has 124 valence electrons. The van der Waals surface area contributed by atoms with Crippen LogP contribution in [0.3, 0.4) is 0 Å². The Morgan fingerprint density at radius 3 is 3.04 bits per heavy atom. The quantitative estimate of drug-likeness (QED) is 0.803. The molecule has 1 aliphatic heterocycles. The van der Waals surface area contributed by atoms with E-state index in [9.17, 15) is 4.79 Å². The molecule has 7 nitrogen and oxygen atoms in total. The van der Waals surface area contributed by atoms with Gasteiger partial charge in [-0.2, -0.15) is 5.10 Å². The monoisotopic (exact) mass is 317 g/mol. The summed E-state index contributed by atoms with van der Waals surface area (Å²) in [5.41, 5.74) is 0. The van der Waals surface area contributed by atoms with E-state index in [0.29, 0.717) is 19.1 Å². The van der Waals surface area contributed by atoms with E-state index in [-0.39, 0.29) is 5.91 Å². The standard InChI is InChI=1S/C16H23N5O2/c1-13-5-6-15(23-13)9-19(2)16(22)10-20-7-3-4-14(20)8-21-12-17-11-18-21/h5-6,11-12,14H,3-4,7-10H2,1-2H3. The molecule has 0 aliphatic carbocycles. The molecule has 0 radical (unpaired) electrons. The molecule has 7 heteroatoms. The molecule has 0 spiro atoms. The third kappa shape index (κ3) is 3.98. The Morgan fingerprint density at radius 1 is 1.48 bits per heavy atom. The van der Waals surface area contributed by atoms with Crippen LogP contribution in [0, 0.1) is 6.92 Å². The lowest BCUT2D eigenvalue weighted by Gasteiger charge is -2.26. The van der Waals surface area contributed by atoms with Crippen LogP contribution in [-0.4, -0.2) is 56.7 Å². The third-order valence-electron chi connectivity index (χ3n) is 4.32. The van der Waals surface area contributed by atoms with E-state index in [4.69, 9.17) is 4.42 Å². The van der Waals surface area contributed by atoms with Gasteiger partial charge in [0.05, 0.1) is 19.6 Å². The van der Waals surface area contributed by atoms with Gasteiger partial charge in [0.2, 0.25) is 5.91 Å². The zero-order chi connectivity index (χ0) is 16.2. The number of likely N-dealkylation sites (tertiary alicyclic amines) is 1. The van der Waals surface area contributed by atoms with E-state index in [0.717, 1.165) is 37.5 Å². The molecule has 2 aromatic heterocycles. The predicted octanol–water partition coefficient (Wildman–Crippen LogP) is 1.30. The summed E-state index contributed by atoms with van der Waals surface area (Å²) >= 11 is 0. The molecule has 1 unspecified atom stereocenters. The maximum absolute atomic E-state index is 12.5. The number of amides is 1. The van der Waals surface area contributed by atoms with Crippen molar-refractivity contribution in [3.8, 4) is 0 Å². The summed E-state index contributed by atoms with van der Waals surface area (Å²) in [6.45, 7) is 4.60. The molecule has 0 aromatic carbocycles. The van der Waals surface area contributed by atoms with Crippen LogP contribution in [0.25, 0.3) is 0 Å². The van der Waals surface area contributed by atoms with Gasteiger partial charge in [0.25, 0.3) is 0 Å². The lowest BCUT2D eigenvalue weighted by molar-refractivity contribution is -0.132. The van der Waals surface area contributed by atoms with Crippen molar-refractivity contribution in [2.75, 3.05) is 20.1 Å². The van der Waals surface area contributed by atoms with E-state index in [1.807, 2.05) is 30.8 Å². The molecule has 0 bridgehead atoms. The van der Waals surface area contributed by atoms with E-state index in [1.165, 1.54) is 0 Å². The second-order valence-corrected chi connectivity index (χ2v) is 6.15. The minimum atomic E-state index is 0.115. The second kappa shape index (κ2) is 6.95. The lowest BCUT2D eigenvalue weighted by atomic mass is 10.2. The average Bonchev–Trinajstić information content (AvgIpc) is 3.24. The Bertz CT molecular complexity index is 637. The van der Waals surface area contributed by atoms with E-state index in [1.54, 1.807) is 17.6 Å². The summed E-state index contributed by atoms with van der Waals surface area (Å²) < 4.78 is 7.38. The summed E-state index contributed by atoms with van der Waals surface area (Å²) in [7, 11) is 1.82. The maximum atomic E-state index is 12.5. The van der Waals surface area contributed by atoms with Crippen molar-refractivity contribution in [3.63, 3.8) is 0 Å². The molecule has 1 atom stereocenters. The van der Waals surface area contributed by atoms with Gasteiger partial charge in [-0.3, -0.25) is 14.4 Å². The van der Waals surface area contributed by atoms with Crippen LogP contribution in [0.5, 0.6) is 0 Å². The Morgan fingerprint density at radius 2 is 2.35 bits per heavy atom. The number of aromatic nitrogens is 3. The first-order valence-corrected chi connectivity index (χ1v) is 7.97. The molecular formula is C16H23N5O2. The Hall–Kier alpha value is -2.15. The molecule has 1 aliphatic rings. The van der Waals surface area contributed by atoms with Gasteiger partial charge in [-0.15, -0.1) is 0 Å². The van der Waals surface area contributed by atoms with Crippen LogP contribution in [0.15, 0.2) is 29.2 Å². The predicted molar refractivity (Wildman–Crippen MR) is 84.5 cm³/mol. The number of nitrogens with zero attached hydrogens (tertiary/aromatic N) is 5. The maximum Gasteiger partial charge on any atom is 0.236 e. The first-order valence-electron chi connectivity index (χ1n) is 7.97. The number of furan rings is 1. The number of carbonyl (C=O) groups is 1. The number of aryl methyl sites for hydroxylation is 1. The Labute approximate surface area is 135 Å². The minimum Gasteiger partial charge on any atom is -0.464 e. The molecule has 3 heterocycles. The van der Waals surface area contributed by atoms with Crippen LogP contribution in [0.2, 0.25) is 0 Å². The number of rotatable bonds is 6. The van der Waals surface area contributed by atoms with Crippen molar-refractivity contribution in [1.29, 1.82) is 0 Å². The zero-order valence-electron chi connectivity index (χ0n) is 13.7. The van der Waals surface area contributed by atoms with Crippen LogP contribution in [0.1, 0.15) is 24.4 Å². The summed E-state index contributed by atoms with van der Waals surface area (Å²) in [6.07, 6.45) is 5.48. The van der Waals surface area contributed by atoms with Crippen molar-refractivity contribution in [2.45, 2.75) is 38.9 Å². The fraction of sp³-hybridized carbons (Fsp3) is 0.562. The minimum absolute atomic E-state index is 0.115. The third-order valence-corrected chi connectivity index (χ3v) is 4.32. The highest BCUT2D eigenvalue weighted by Gasteiger charge is 2.27. The summed E-state index contributed by atoms with van der Waals surface area (Å²) in [4.78, 5) is 20.4. The van der Waals surface area contributed by atoms with E-state index < -0.39 is 0 Å². The van der Waals surface area contributed by atoms with Crippen molar-refractivity contribution in [2.24, 2.45) is 0 Å².